The molecule has 2 heteroatoms. The van der Waals surface area contributed by atoms with E-state index in [1.807, 2.05) is 0 Å². The van der Waals surface area contributed by atoms with Crippen LogP contribution in [0, 0.1) is 0 Å². The molecule has 1 aromatic heterocycles. The lowest BCUT2D eigenvalue weighted by atomic mass is 9.70. The second-order valence-corrected chi connectivity index (χ2v) is 20.7. The number of para-hydroxylation sites is 2. The summed E-state index contributed by atoms with van der Waals surface area (Å²) in [4.78, 5) is 2.50. The van der Waals surface area contributed by atoms with Crippen LogP contribution in [0.5, 0.6) is 0 Å². The molecule has 0 saturated carbocycles. The zero-order valence-electron chi connectivity index (χ0n) is 42.1. The molecule has 13 aromatic rings. The number of nitrogens with zero attached hydrogens (tertiary/aromatic N) is 2. The highest BCUT2D eigenvalue weighted by atomic mass is 15.1. The van der Waals surface area contributed by atoms with E-state index < -0.39 is 5.41 Å². The minimum Gasteiger partial charge on any atom is -0.310 e. The fourth-order valence-electron chi connectivity index (χ4n) is 13.6. The second kappa shape index (κ2) is 17.0. The average molecular weight is 977 g/mol. The smallest absolute Gasteiger partial charge is 0.0726 e. The standard InChI is InChI=1S/C75H48N2/c1-4-20-50(21-5-1)73(51-22-6-2-7-23-51)74-64-31-11-10-26-57(64)58-43-41-55(47-66(58)74)76(54-39-36-49(37-40-54)52-38-45-72-65(46-52)63-30-15-19-35-71(63)77(72)53-24-8-3-9-25-53)56-42-44-62-61-29-14-18-34-69(61)75(70(62)48-56)67-32-16-12-27-59(67)60-28-13-17-33-68(60)75/h1-48H. The fourth-order valence-corrected chi connectivity index (χ4v) is 13.6. The zero-order chi connectivity index (χ0) is 50.6. The Kier molecular flexibility index (Phi) is 9.58. The summed E-state index contributed by atoms with van der Waals surface area (Å²) in [6.07, 6.45) is 0. The lowest BCUT2D eigenvalue weighted by Crippen LogP contribution is -2.26. The molecule has 2 nitrogen and oxygen atoms in total. The number of rotatable bonds is 7. The molecule has 0 saturated heterocycles. The molecular formula is C75H48N2. The fraction of sp³-hybridized carbons (Fsp3) is 0.0133. The van der Waals surface area contributed by atoms with Gasteiger partial charge in [-0.25, -0.2) is 0 Å². The van der Waals surface area contributed by atoms with Gasteiger partial charge in [0.1, 0.15) is 0 Å². The summed E-state index contributed by atoms with van der Waals surface area (Å²) < 4.78 is 2.38. The van der Waals surface area contributed by atoms with Crippen molar-refractivity contribution in [2.24, 2.45) is 0 Å². The van der Waals surface area contributed by atoms with Crippen molar-refractivity contribution >= 4 is 50.0 Å². The number of benzene rings is 12. The molecule has 0 radical (unpaired) electrons. The number of anilines is 3. The molecule has 0 amide bonds. The minimum atomic E-state index is -0.483. The number of hydrogen-bond donors (Lipinski definition) is 0. The Hall–Kier alpha value is -10.0. The summed E-state index contributed by atoms with van der Waals surface area (Å²) in [7, 11) is 0. The first-order valence-electron chi connectivity index (χ1n) is 26.7. The van der Waals surface area contributed by atoms with Gasteiger partial charge in [0.2, 0.25) is 0 Å². The van der Waals surface area contributed by atoms with E-state index in [2.05, 4.69) is 301 Å². The topological polar surface area (TPSA) is 8.17 Å². The Bertz CT molecular complexity index is 4440. The molecule has 0 aliphatic heterocycles. The minimum absolute atomic E-state index is 0.483. The number of hydrogen-bond acceptors (Lipinski definition) is 1. The predicted molar refractivity (Wildman–Crippen MR) is 321 cm³/mol. The molecular weight excluding hydrogens is 929 g/mol. The van der Waals surface area contributed by atoms with Crippen LogP contribution in [0.15, 0.2) is 291 Å². The Labute approximate surface area is 448 Å². The van der Waals surface area contributed by atoms with Gasteiger partial charge < -0.3 is 9.47 Å². The van der Waals surface area contributed by atoms with Crippen LogP contribution >= 0.6 is 0 Å². The van der Waals surface area contributed by atoms with E-state index in [-0.39, 0.29) is 0 Å². The van der Waals surface area contributed by atoms with E-state index in [4.69, 9.17) is 0 Å². The molecule has 1 heterocycles. The van der Waals surface area contributed by atoms with E-state index in [0.717, 1.165) is 22.7 Å². The SMILES string of the molecule is c1ccc(C(=C2c3ccccc3-c3ccc(N(c4ccc(-c5ccc6c(c5)c5ccccc5n6-c5ccccc5)cc4)c4ccc5c(c4)C4(c6ccccc6-c6ccccc64)c4ccccc4-5)cc32)c2ccccc2)cc1. The molecule has 0 unspecified atom stereocenters. The third-order valence-corrected chi connectivity index (χ3v) is 16.8. The van der Waals surface area contributed by atoms with Crippen molar-refractivity contribution in [2.75, 3.05) is 4.90 Å². The van der Waals surface area contributed by atoms with Gasteiger partial charge in [-0.3, -0.25) is 0 Å². The molecule has 358 valence electrons. The van der Waals surface area contributed by atoms with Crippen LogP contribution in [0.25, 0.3) is 83.1 Å². The molecule has 0 atom stereocenters. The first kappa shape index (κ1) is 43.4. The zero-order valence-corrected chi connectivity index (χ0v) is 42.1. The molecule has 16 rings (SSSR count). The summed E-state index contributed by atoms with van der Waals surface area (Å²) in [5.41, 5.74) is 29.0. The third kappa shape index (κ3) is 6.37. The second-order valence-electron chi connectivity index (χ2n) is 20.7. The number of aromatic nitrogens is 1. The van der Waals surface area contributed by atoms with Gasteiger partial charge in [-0.05, 0) is 167 Å². The van der Waals surface area contributed by atoms with Crippen molar-refractivity contribution in [3.8, 4) is 50.2 Å². The van der Waals surface area contributed by atoms with Gasteiger partial charge in [-0.1, -0.05) is 224 Å². The monoisotopic (exact) mass is 976 g/mol. The maximum absolute atomic E-state index is 2.51. The molecule has 0 N–H and O–H groups in total. The maximum Gasteiger partial charge on any atom is 0.0726 e. The molecule has 77 heavy (non-hydrogen) atoms. The summed E-state index contributed by atoms with van der Waals surface area (Å²) >= 11 is 0. The normalized spacial score (nSPS) is 13.0. The molecule has 1 spiro atoms. The third-order valence-electron chi connectivity index (χ3n) is 16.8. The van der Waals surface area contributed by atoms with E-state index in [1.54, 1.807) is 0 Å². The van der Waals surface area contributed by atoms with Crippen LogP contribution in [0.2, 0.25) is 0 Å². The highest BCUT2D eigenvalue weighted by molar-refractivity contribution is 6.14. The van der Waals surface area contributed by atoms with Crippen molar-refractivity contribution in [1.29, 1.82) is 0 Å². The summed E-state index contributed by atoms with van der Waals surface area (Å²) in [5, 5.41) is 2.49. The van der Waals surface area contributed by atoms with Crippen molar-refractivity contribution in [3.05, 3.63) is 336 Å². The van der Waals surface area contributed by atoms with Gasteiger partial charge in [0.15, 0.2) is 0 Å². The van der Waals surface area contributed by atoms with Crippen LogP contribution in [-0.4, -0.2) is 4.57 Å². The average Bonchev–Trinajstić information content (AvgIpc) is 4.41. The van der Waals surface area contributed by atoms with E-state index in [0.29, 0.717) is 0 Å². The van der Waals surface area contributed by atoms with Gasteiger partial charge in [0, 0.05) is 33.5 Å². The summed E-state index contributed by atoms with van der Waals surface area (Å²) in [5.74, 6) is 0. The van der Waals surface area contributed by atoms with Crippen LogP contribution in [0.4, 0.5) is 17.1 Å². The molecule has 3 aliphatic rings. The maximum atomic E-state index is 2.51. The number of fused-ring (bicyclic) bond motifs is 16. The van der Waals surface area contributed by atoms with E-state index >= 15 is 0 Å². The van der Waals surface area contributed by atoms with Gasteiger partial charge in [0.05, 0.1) is 16.4 Å². The van der Waals surface area contributed by atoms with Gasteiger partial charge >= 0.3 is 0 Å². The van der Waals surface area contributed by atoms with Crippen molar-refractivity contribution in [3.63, 3.8) is 0 Å². The van der Waals surface area contributed by atoms with E-state index in [9.17, 15) is 0 Å². The Morgan fingerprint density at radius 3 is 1.38 bits per heavy atom. The highest BCUT2D eigenvalue weighted by Crippen LogP contribution is 2.63. The van der Waals surface area contributed by atoms with Crippen molar-refractivity contribution in [2.45, 2.75) is 5.41 Å². The van der Waals surface area contributed by atoms with Crippen LogP contribution < -0.4 is 4.90 Å². The summed E-state index contributed by atoms with van der Waals surface area (Å²) in [6.45, 7) is 0. The Morgan fingerprint density at radius 2 is 0.740 bits per heavy atom. The molecule has 0 fully saturated rings. The van der Waals surface area contributed by atoms with Gasteiger partial charge in [-0.2, -0.15) is 0 Å². The lowest BCUT2D eigenvalue weighted by molar-refractivity contribution is 0.793. The highest BCUT2D eigenvalue weighted by Gasteiger charge is 2.51. The van der Waals surface area contributed by atoms with Crippen LogP contribution in [0.3, 0.4) is 0 Å². The van der Waals surface area contributed by atoms with Crippen molar-refractivity contribution in [1.82, 2.24) is 4.57 Å². The molecule has 3 aliphatic carbocycles. The quantitative estimate of drug-likeness (QED) is 0.154. The van der Waals surface area contributed by atoms with Gasteiger partial charge in [-0.15, -0.1) is 0 Å². The largest absolute Gasteiger partial charge is 0.310 e. The van der Waals surface area contributed by atoms with Crippen molar-refractivity contribution < 1.29 is 0 Å². The molecule has 0 bridgehead atoms. The predicted octanol–water partition coefficient (Wildman–Crippen LogP) is 19.3. The first-order chi connectivity index (χ1) is 38.2. The Balaban J connectivity index is 0.913. The van der Waals surface area contributed by atoms with Gasteiger partial charge in [0.25, 0.3) is 0 Å². The van der Waals surface area contributed by atoms with E-state index in [1.165, 1.54) is 122 Å². The Morgan fingerprint density at radius 1 is 0.286 bits per heavy atom. The first-order valence-corrected chi connectivity index (χ1v) is 26.7. The van der Waals surface area contributed by atoms with Crippen LogP contribution in [0.1, 0.15) is 44.5 Å². The van der Waals surface area contributed by atoms with Crippen LogP contribution in [-0.2, 0) is 5.41 Å². The lowest BCUT2D eigenvalue weighted by Gasteiger charge is -2.32. The molecule has 12 aromatic carbocycles. The summed E-state index contributed by atoms with van der Waals surface area (Å²) in [6, 6.07) is 108.